The highest BCUT2D eigenvalue weighted by atomic mass is 35.5. The highest BCUT2D eigenvalue weighted by Crippen LogP contribution is 2.27. The van der Waals surface area contributed by atoms with E-state index in [2.05, 4.69) is 24.1 Å². The highest BCUT2D eigenvalue weighted by molar-refractivity contribution is 6.30. The van der Waals surface area contributed by atoms with E-state index in [0.717, 1.165) is 28.3 Å². The molecule has 1 aliphatic heterocycles. The van der Waals surface area contributed by atoms with Crippen LogP contribution in [0.4, 0.5) is 0 Å². The SMILES string of the molecule is CC/C=C/C1COC(c2ccc(-c3ccc(Cl)cc3)nc2)OC1. The predicted octanol–water partition coefficient (Wildman–Crippen LogP) is 5.03. The maximum Gasteiger partial charge on any atom is 0.185 e. The van der Waals surface area contributed by atoms with Crippen LogP contribution in [-0.2, 0) is 9.47 Å². The van der Waals surface area contributed by atoms with E-state index in [1.807, 2.05) is 42.6 Å². The lowest BCUT2D eigenvalue weighted by molar-refractivity contribution is -0.197. The van der Waals surface area contributed by atoms with E-state index in [1.165, 1.54) is 0 Å². The second kappa shape index (κ2) is 7.73. The van der Waals surface area contributed by atoms with Crippen molar-refractivity contribution in [1.29, 1.82) is 0 Å². The minimum Gasteiger partial charge on any atom is -0.348 e. The van der Waals surface area contributed by atoms with Gasteiger partial charge in [-0.1, -0.05) is 48.9 Å². The first-order valence-electron chi connectivity index (χ1n) is 7.88. The van der Waals surface area contributed by atoms with E-state index >= 15 is 0 Å². The molecule has 1 saturated heterocycles. The second-order valence-electron chi connectivity index (χ2n) is 5.58. The average Bonchev–Trinajstić information content (AvgIpc) is 2.61. The van der Waals surface area contributed by atoms with Crippen molar-refractivity contribution in [2.24, 2.45) is 5.92 Å². The zero-order valence-electron chi connectivity index (χ0n) is 13.1. The van der Waals surface area contributed by atoms with Crippen LogP contribution >= 0.6 is 11.6 Å². The zero-order valence-corrected chi connectivity index (χ0v) is 13.9. The molecular formula is C19H20ClNO2. The molecule has 23 heavy (non-hydrogen) atoms. The van der Waals surface area contributed by atoms with Gasteiger partial charge in [-0.15, -0.1) is 0 Å². The van der Waals surface area contributed by atoms with Gasteiger partial charge in [0.05, 0.1) is 18.9 Å². The number of aromatic nitrogens is 1. The summed E-state index contributed by atoms with van der Waals surface area (Å²) in [6.45, 7) is 3.48. The molecule has 0 N–H and O–H groups in total. The van der Waals surface area contributed by atoms with Gasteiger partial charge in [-0.25, -0.2) is 0 Å². The smallest absolute Gasteiger partial charge is 0.185 e. The third kappa shape index (κ3) is 4.20. The molecule has 0 saturated carbocycles. The second-order valence-corrected chi connectivity index (χ2v) is 6.02. The van der Waals surface area contributed by atoms with Gasteiger partial charge in [0, 0.05) is 28.3 Å². The number of hydrogen-bond donors (Lipinski definition) is 0. The number of ether oxygens (including phenoxy) is 2. The minimum atomic E-state index is -0.326. The summed E-state index contributed by atoms with van der Waals surface area (Å²) in [5, 5.41) is 0.723. The van der Waals surface area contributed by atoms with Gasteiger partial charge < -0.3 is 9.47 Å². The molecule has 0 bridgehead atoms. The van der Waals surface area contributed by atoms with Gasteiger partial charge in [-0.2, -0.15) is 0 Å². The van der Waals surface area contributed by atoms with Crippen LogP contribution in [-0.4, -0.2) is 18.2 Å². The minimum absolute atomic E-state index is 0.326. The maximum absolute atomic E-state index is 5.91. The molecule has 120 valence electrons. The summed E-state index contributed by atoms with van der Waals surface area (Å²) in [7, 11) is 0. The number of nitrogens with zero attached hydrogens (tertiary/aromatic N) is 1. The van der Waals surface area contributed by atoms with E-state index in [9.17, 15) is 0 Å². The van der Waals surface area contributed by atoms with Gasteiger partial charge >= 0.3 is 0 Å². The van der Waals surface area contributed by atoms with Crippen molar-refractivity contribution in [1.82, 2.24) is 4.98 Å². The molecule has 1 aromatic carbocycles. The molecule has 0 atom stereocenters. The van der Waals surface area contributed by atoms with E-state index in [-0.39, 0.29) is 6.29 Å². The van der Waals surface area contributed by atoms with Crippen LogP contribution in [0.15, 0.2) is 54.7 Å². The Hall–Kier alpha value is -1.68. The summed E-state index contributed by atoms with van der Waals surface area (Å²) in [6, 6.07) is 11.6. The van der Waals surface area contributed by atoms with E-state index in [1.54, 1.807) is 0 Å². The lowest BCUT2D eigenvalue weighted by atomic mass is 10.1. The van der Waals surface area contributed by atoms with E-state index in [4.69, 9.17) is 21.1 Å². The molecule has 3 nitrogen and oxygen atoms in total. The molecule has 1 aromatic heterocycles. The van der Waals surface area contributed by atoms with Gasteiger partial charge in [0.15, 0.2) is 6.29 Å². The Bertz CT molecular complexity index is 644. The Kier molecular flexibility index (Phi) is 5.44. The van der Waals surface area contributed by atoms with Gasteiger partial charge in [0.1, 0.15) is 0 Å². The topological polar surface area (TPSA) is 31.4 Å². The van der Waals surface area contributed by atoms with Crippen molar-refractivity contribution in [3.05, 3.63) is 65.3 Å². The van der Waals surface area contributed by atoms with Crippen LogP contribution < -0.4 is 0 Å². The molecule has 4 heteroatoms. The highest BCUT2D eigenvalue weighted by Gasteiger charge is 2.22. The number of halogens is 1. The zero-order chi connectivity index (χ0) is 16.1. The molecule has 0 unspecified atom stereocenters. The van der Waals surface area contributed by atoms with E-state index < -0.39 is 0 Å². The molecule has 0 aliphatic carbocycles. The van der Waals surface area contributed by atoms with Crippen LogP contribution in [0.5, 0.6) is 0 Å². The Labute approximate surface area is 141 Å². The van der Waals surface area contributed by atoms with Crippen molar-refractivity contribution in [3.8, 4) is 11.3 Å². The predicted molar refractivity (Wildman–Crippen MR) is 92.2 cm³/mol. The molecule has 0 radical (unpaired) electrons. The van der Waals surface area contributed by atoms with Crippen LogP contribution in [0, 0.1) is 5.92 Å². The monoisotopic (exact) mass is 329 g/mol. The van der Waals surface area contributed by atoms with Crippen molar-refractivity contribution in [3.63, 3.8) is 0 Å². The molecule has 1 aliphatic rings. The number of rotatable bonds is 4. The maximum atomic E-state index is 5.91. The Morgan fingerprint density at radius 1 is 1.13 bits per heavy atom. The fraction of sp³-hybridized carbons (Fsp3) is 0.316. The number of benzene rings is 1. The summed E-state index contributed by atoms with van der Waals surface area (Å²) in [6.07, 6.45) is 6.85. The first kappa shape index (κ1) is 16.2. The summed E-state index contributed by atoms with van der Waals surface area (Å²) in [5.74, 6) is 0.340. The van der Waals surface area contributed by atoms with Crippen molar-refractivity contribution < 1.29 is 9.47 Å². The molecule has 3 rings (SSSR count). The van der Waals surface area contributed by atoms with Gasteiger partial charge in [0.2, 0.25) is 0 Å². The molecule has 1 fully saturated rings. The number of allylic oxidation sites excluding steroid dienone is 1. The summed E-state index contributed by atoms with van der Waals surface area (Å²) in [4.78, 5) is 4.51. The van der Waals surface area contributed by atoms with Gasteiger partial charge in [-0.3, -0.25) is 4.98 Å². The van der Waals surface area contributed by atoms with Gasteiger partial charge in [0.25, 0.3) is 0 Å². The molecule has 2 aromatic rings. The first-order chi connectivity index (χ1) is 11.3. The van der Waals surface area contributed by atoms with Crippen LogP contribution in [0.2, 0.25) is 5.02 Å². The Morgan fingerprint density at radius 2 is 1.87 bits per heavy atom. The third-order valence-corrected chi connectivity index (χ3v) is 4.02. The standard InChI is InChI=1S/C19H20ClNO2/c1-2-3-4-14-12-22-19(23-13-14)16-7-10-18(21-11-16)15-5-8-17(20)9-6-15/h3-11,14,19H,2,12-13H2,1H3/b4-3+. The van der Waals surface area contributed by atoms with Crippen molar-refractivity contribution in [2.45, 2.75) is 19.6 Å². The average molecular weight is 330 g/mol. The summed E-state index contributed by atoms with van der Waals surface area (Å²) in [5.41, 5.74) is 2.89. The van der Waals surface area contributed by atoms with Crippen LogP contribution in [0.25, 0.3) is 11.3 Å². The largest absolute Gasteiger partial charge is 0.348 e. The lowest BCUT2D eigenvalue weighted by Gasteiger charge is -2.28. The lowest BCUT2D eigenvalue weighted by Crippen LogP contribution is -2.25. The molecular weight excluding hydrogens is 310 g/mol. The molecule has 2 heterocycles. The van der Waals surface area contributed by atoms with E-state index in [0.29, 0.717) is 19.1 Å². The molecule has 0 amide bonds. The fourth-order valence-electron chi connectivity index (χ4n) is 2.49. The van der Waals surface area contributed by atoms with Crippen molar-refractivity contribution >= 4 is 11.6 Å². The quantitative estimate of drug-likeness (QED) is 0.737. The summed E-state index contributed by atoms with van der Waals surface area (Å²) < 4.78 is 11.6. The summed E-state index contributed by atoms with van der Waals surface area (Å²) >= 11 is 5.91. The van der Waals surface area contributed by atoms with Gasteiger partial charge in [-0.05, 0) is 24.6 Å². The first-order valence-corrected chi connectivity index (χ1v) is 8.26. The Morgan fingerprint density at radius 3 is 2.48 bits per heavy atom. The van der Waals surface area contributed by atoms with Crippen molar-refractivity contribution in [2.75, 3.05) is 13.2 Å². The number of hydrogen-bond acceptors (Lipinski definition) is 3. The number of pyridine rings is 1. The van der Waals surface area contributed by atoms with Crippen LogP contribution in [0.3, 0.4) is 0 Å². The Balaban J connectivity index is 1.64. The normalized spacial score (nSPS) is 21.7. The molecule has 0 spiro atoms. The van der Waals surface area contributed by atoms with Crippen LogP contribution in [0.1, 0.15) is 25.2 Å². The third-order valence-electron chi connectivity index (χ3n) is 3.77. The fourth-order valence-corrected chi connectivity index (χ4v) is 2.61.